The molecule has 1 unspecified atom stereocenters. The lowest BCUT2D eigenvalue weighted by Gasteiger charge is -2.07. The highest BCUT2D eigenvalue weighted by molar-refractivity contribution is 9.09. The summed E-state index contributed by atoms with van der Waals surface area (Å²) in [5.41, 5.74) is 0.852. The second-order valence-corrected chi connectivity index (χ2v) is 3.83. The van der Waals surface area contributed by atoms with Crippen LogP contribution in [0.15, 0.2) is 24.3 Å². The van der Waals surface area contributed by atoms with Gasteiger partial charge in [0, 0.05) is 5.33 Å². The standard InChI is InChI=1S/C10H10BrNO5/c11-5-9(13)7-1-3-8(4-2-7)10(14)17-6-12(15)16/h1-4,9,13H,5-6H2. The molecule has 0 amide bonds. The number of carbonyl (C=O) groups is 1. The molecule has 0 saturated carbocycles. The van der Waals surface area contributed by atoms with E-state index in [4.69, 9.17) is 0 Å². The van der Waals surface area contributed by atoms with Crippen LogP contribution < -0.4 is 0 Å². The Hall–Kier alpha value is -1.47. The molecule has 17 heavy (non-hydrogen) atoms. The monoisotopic (exact) mass is 303 g/mol. The van der Waals surface area contributed by atoms with Crippen LogP contribution in [-0.2, 0) is 4.74 Å². The Balaban J connectivity index is 2.67. The quantitative estimate of drug-likeness (QED) is 0.293. The molecular weight excluding hydrogens is 294 g/mol. The summed E-state index contributed by atoms with van der Waals surface area (Å²) in [6, 6.07) is 6.02. The van der Waals surface area contributed by atoms with Gasteiger partial charge < -0.3 is 9.84 Å². The van der Waals surface area contributed by atoms with Gasteiger partial charge in [-0.25, -0.2) is 4.79 Å². The molecule has 0 aromatic heterocycles. The summed E-state index contributed by atoms with van der Waals surface area (Å²) in [5.74, 6) is -0.762. The van der Waals surface area contributed by atoms with E-state index < -0.39 is 23.7 Å². The Bertz CT molecular complexity index is 406. The third-order valence-corrected chi connectivity index (χ3v) is 2.59. The Kier molecular flexibility index (Phi) is 5.05. The van der Waals surface area contributed by atoms with Crippen molar-refractivity contribution in [3.63, 3.8) is 0 Å². The first-order valence-electron chi connectivity index (χ1n) is 4.67. The van der Waals surface area contributed by atoms with Crippen molar-refractivity contribution in [2.75, 3.05) is 12.1 Å². The van der Waals surface area contributed by atoms with E-state index in [0.29, 0.717) is 10.9 Å². The van der Waals surface area contributed by atoms with Gasteiger partial charge >= 0.3 is 12.7 Å². The Labute approximate surface area is 105 Å². The average Bonchev–Trinajstić information content (AvgIpc) is 2.35. The minimum atomic E-state index is -0.857. The summed E-state index contributed by atoms with van der Waals surface area (Å²) in [4.78, 5) is 20.6. The van der Waals surface area contributed by atoms with Crippen molar-refractivity contribution in [1.82, 2.24) is 0 Å². The van der Waals surface area contributed by atoms with Crippen LogP contribution >= 0.6 is 15.9 Å². The molecule has 1 atom stereocenters. The second kappa shape index (κ2) is 6.31. The summed E-state index contributed by atoms with van der Waals surface area (Å²) < 4.78 is 4.41. The van der Waals surface area contributed by atoms with Crippen molar-refractivity contribution in [3.05, 3.63) is 45.5 Å². The van der Waals surface area contributed by atoms with Gasteiger partial charge in [0.05, 0.1) is 16.6 Å². The van der Waals surface area contributed by atoms with Gasteiger partial charge in [-0.1, -0.05) is 28.1 Å². The number of hydrogen-bond donors (Lipinski definition) is 1. The lowest BCUT2D eigenvalue weighted by Crippen LogP contribution is -2.12. The number of alkyl halides is 1. The highest BCUT2D eigenvalue weighted by atomic mass is 79.9. The van der Waals surface area contributed by atoms with Crippen LogP contribution in [0.1, 0.15) is 22.0 Å². The lowest BCUT2D eigenvalue weighted by atomic mass is 10.1. The number of esters is 1. The predicted octanol–water partition coefficient (Wildman–Crippen LogP) is 1.51. The van der Waals surface area contributed by atoms with Crippen LogP contribution in [0.5, 0.6) is 0 Å². The van der Waals surface area contributed by atoms with Crippen LogP contribution in [0.4, 0.5) is 0 Å². The fourth-order valence-electron chi connectivity index (χ4n) is 1.13. The second-order valence-electron chi connectivity index (χ2n) is 3.19. The minimum absolute atomic E-state index is 0.206. The Morgan fingerprint density at radius 1 is 1.47 bits per heavy atom. The van der Waals surface area contributed by atoms with Gasteiger partial charge in [-0.05, 0) is 17.7 Å². The number of aliphatic hydroxyl groups is 1. The van der Waals surface area contributed by atoms with Crippen molar-refractivity contribution in [2.45, 2.75) is 6.10 Å². The van der Waals surface area contributed by atoms with Gasteiger partial charge in [-0.2, -0.15) is 0 Å². The lowest BCUT2D eigenvalue weighted by molar-refractivity contribution is -0.517. The molecule has 92 valence electrons. The summed E-state index contributed by atoms with van der Waals surface area (Å²) in [6.07, 6.45) is -0.654. The molecule has 7 heteroatoms. The van der Waals surface area contributed by atoms with Crippen LogP contribution in [0.3, 0.4) is 0 Å². The molecule has 1 N–H and O–H groups in total. The number of hydrogen-bond acceptors (Lipinski definition) is 5. The molecule has 0 spiro atoms. The van der Waals surface area contributed by atoms with Crippen LogP contribution in [0, 0.1) is 10.1 Å². The van der Waals surface area contributed by atoms with Gasteiger partial charge in [0.2, 0.25) is 0 Å². The number of aliphatic hydroxyl groups excluding tert-OH is 1. The van der Waals surface area contributed by atoms with E-state index in [1.54, 1.807) is 12.1 Å². The third-order valence-electron chi connectivity index (χ3n) is 1.98. The normalized spacial score (nSPS) is 11.9. The fourth-order valence-corrected chi connectivity index (χ4v) is 1.50. The maximum Gasteiger partial charge on any atom is 0.347 e. The first-order valence-corrected chi connectivity index (χ1v) is 5.79. The summed E-state index contributed by atoms with van der Waals surface area (Å²) in [7, 11) is 0. The van der Waals surface area contributed by atoms with E-state index >= 15 is 0 Å². The van der Waals surface area contributed by atoms with Gasteiger partial charge in [0.25, 0.3) is 0 Å². The highest BCUT2D eigenvalue weighted by Gasteiger charge is 2.11. The molecule has 1 aromatic rings. The molecule has 0 aliphatic heterocycles. The average molecular weight is 304 g/mol. The van der Waals surface area contributed by atoms with Gasteiger partial charge in [0.15, 0.2) is 0 Å². The SMILES string of the molecule is O=C(OC[N+](=O)[O-])c1ccc(C(O)CBr)cc1. The van der Waals surface area contributed by atoms with Gasteiger partial charge in [0.1, 0.15) is 0 Å². The molecule has 6 nitrogen and oxygen atoms in total. The number of ether oxygens (including phenoxy) is 1. The molecule has 0 fully saturated rings. The molecule has 0 aliphatic rings. The zero-order valence-electron chi connectivity index (χ0n) is 8.71. The maximum absolute atomic E-state index is 11.3. The minimum Gasteiger partial charge on any atom is -0.397 e. The van der Waals surface area contributed by atoms with E-state index in [-0.39, 0.29) is 5.56 Å². The fraction of sp³-hybridized carbons (Fsp3) is 0.300. The van der Waals surface area contributed by atoms with E-state index in [2.05, 4.69) is 20.7 Å². The van der Waals surface area contributed by atoms with Crippen LogP contribution in [-0.4, -0.2) is 28.1 Å². The van der Waals surface area contributed by atoms with Crippen LogP contribution in [0.25, 0.3) is 0 Å². The largest absolute Gasteiger partial charge is 0.397 e. The summed E-state index contributed by atoms with van der Waals surface area (Å²) >= 11 is 3.12. The number of rotatable bonds is 5. The van der Waals surface area contributed by atoms with E-state index in [1.807, 2.05) is 0 Å². The highest BCUT2D eigenvalue weighted by Crippen LogP contribution is 2.16. The van der Waals surface area contributed by atoms with E-state index in [0.717, 1.165) is 0 Å². The van der Waals surface area contributed by atoms with Crippen LogP contribution in [0.2, 0.25) is 0 Å². The molecule has 1 aromatic carbocycles. The number of nitrogens with zero attached hydrogens (tertiary/aromatic N) is 1. The number of benzene rings is 1. The van der Waals surface area contributed by atoms with E-state index in [1.165, 1.54) is 12.1 Å². The zero-order chi connectivity index (χ0) is 12.8. The summed E-state index contributed by atoms with van der Waals surface area (Å²) in [5, 5.41) is 19.9. The molecule has 0 aliphatic carbocycles. The third kappa shape index (κ3) is 4.12. The molecular formula is C10H10BrNO5. The number of nitro groups is 1. The van der Waals surface area contributed by atoms with Crippen molar-refractivity contribution in [1.29, 1.82) is 0 Å². The van der Waals surface area contributed by atoms with E-state index in [9.17, 15) is 20.0 Å². The smallest absolute Gasteiger partial charge is 0.347 e. The van der Waals surface area contributed by atoms with Crippen molar-refractivity contribution < 1.29 is 19.6 Å². The van der Waals surface area contributed by atoms with Gasteiger partial charge in [-0.3, -0.25) is 10.1 Å². The molecule has 0 saturated heterocycles. The Morgan fingerprint density at radius 3 is 2.53 bits per heavy atom. The molecule has 0 radical (unpaired) electrons. The van der Waals surface area contributed by atoms with Crippen molar-refractivity contribution in [3.8, 4) is 0 Å². The molecule has 0 bridgehead atoms. The maximum atomic E-state index is 11.3. The predicted molar refractivity (Wildman–Crippen MR) is 62.5 cm³/mol. The topological polar surface area (TPSA) is 89.7 Å². The zero-order valence-corrected chi connectivity index (χ0v) is 10.3. The van der Waals surface area contributed by atoms with Crippen molar-refractivity contribution >= 4 is 21.9 Å². The first kappa shape index (κ1) is 13.6. The van der Waals surface area contributed by atoms with Crippen molar-refractivity contribution in [2.24, 2.45) is 0 Å². The van der Waals surface area contributed by atoms with Gasteiger partial charge in [-0.15, -0.1) is 0 Å². The molecule has 1 rings (SSSR count). The number of carbonyl (C=O) groups excluding carboxylic acids is 1. The Morgan fingerprint density at radius 2 is 2.06 bits per heavy atom. The number of halogens is 1. The first-order chi connectivity index (χ1) is 8.04. The summed E-state index contributed by atoms with van der Waals surface area (Å²) in [6.45, 7) is -0.857. The molecule has 0 heterocycles.